The maximum Gasteiger partial charge on any atom is 0.243 e. The van der Waals surface area contributed by atoms with Crippen LogP contribution < -0.4 is 10.5 Å². The van der Waals surface area contributed by atoms with Crippen LogP contribution in [0.2, 0.25) is 0 Å². The van der Waals surface area contributed by atoms with Gasteiger partial charge in [0.15, 0.2) is 0 Å². The summed E-state index contributed by atoms with van der Waals surface area (Å²) in [6.45, 7) is 4.73. The van der Waals surface area contributed by atoms with Crippen LogP contribution >= 0.6 is 12.2 Å². The Kier molecular flexibility index (Phi) is 5.26. The maximum absolute atomic E-state index is 12.5. The van der Waals surface area contributed by atoms with E-state index in [9.17, 15) is 8.42 Å². The first-order valence-corrected chi connectivity index (χ1v) is 8.82. The second-order valence-electron chi connectivity index (χ2n) is 5.07. The topological polar surface area (TPSA) is 88.3 Å². The van der Waals surface area contributed by atoms with Crippen molar-refractivity contribution in [2.45, 2.75) is 30.7 Å². The van der Waals surface area contributed by atoms with Gasteiger partial charge in [0.2, 0.25) is 10.0 Å². The molecule has 6 nitrogen and oxygen atoms in total. The van der Waals surface area contributed by atoms with Crippen LogP contribution in [-0.4, -0.2) is 49.0 Å². The summed E-state index contributed by atoms with van der Waals surface area (Å²) >= 11 is 4.88. The molecule has 0 radical (unpaired) electrons. The van der Waals surface area contributed by atoms with Crippen LogP contribution in [0.15, 0.2) is 23.2 Å². The number of nitrogens with two attached hydrogens (primary N) is 1. The fraction of sp³-hybridized carbons (Fsp3) is 0.538. The highest BCUT2D eigenvalue weighted by Crippen LogP contribution is 2.16. The number of sulfonamides is 1. The van der Waals surface area contributed by atoms with Crippen LogP contribution in [0.5, 0.6) is 0 Å². The van der Waals surface area contributed by atoms with Gasteiger partial charge in [-0.25, -0.2) is 13.1 Å². The average Bonchev–Trinajstić information content (AvgIpc) is 2.47. The Balaban J connectivity index is 2.21. The van der Waals surface area contributed by atoms with Gasteiger partial charge < -0.3 is 10.6 Å². The molecule has 1 aromatic heterocycles. The van der Waals surface area contributed by atoms with E-state index in [1.54, 1.807) is 6.07 Å². The van der Waals surface area contributed by atoms with Crippen molar-refractivity contribution in [2.75, 3.05) is 19.6 Å². The normalized spacial score (nSPS) is 20.3. The van der Waals surface area contributed by atoms with E-state index in [-0.39, 0.29) is 21.6 Å². The molecule has 1 atom stereocenters. The molecular formula is C13H20N4O2S2. The minimum Gasteiger partial charge on any atom is -0.388 e. The third kappa shape index (κ3) is 3.97. The molecule has 0 bridgehead atoms. The van der Waals surface area contributed by atoms with Gasteiger partial charge in [0, 0.05) is 18.8 Å². The second kappa shape index (κ2) is 6.78. The van der Waals surface area contributed by atoms with Crippen LogP contribution in [-0.2, 0) is 10.0 Å². The monoisotopic (exact) mass is 328 g/mol. The lowest BCUT2D eigenvalue weighted by atomic mass is 10.1. The molecular weight excluding hydrogens is 308 g/mol. The summed E-state index contributed by atoms with van der Waals surface area (Å²) in [4.78, 5) is 6.23. The second-order valence-corrected chi connectivity index (χ2v) is 7.19. The minimum absolute atomic E-state index is 0.0187. The lowest BCUT2D eigenvalue weighted by molar-refractivity contribution is 0.211. The van der Waals surface area contributed by atoms with Crippen LogP contribution in [0.1, 0.15) is 25.5 Å². The highest BCUT2D eigenvalue weighted by atomic mass is 32.2. The Morgan fingerprint density at radius 1 is 1.62 bits per heavy atom. The first-order valence-electron chi connectivity index (χ1n) is 6.93. The summed E-state index contributed by atoms with van der Waals surface area (Å²) < 4.78 is 27.8. The van der Waals surface area contributed by atoms with Crippen LogP contribution in [0.4, 0.5) is 0 Å². The van der Waals surface area contributed by atoms with Gasteiger partial charge in [-0.1, -0.05) is 19.1 Å². The van der Waals surface area contributed by atoms with Crippen molar-refractivity contribution < 1.29 is 8.42 Å². The number of hydrogen-bond acceptors (Lipinski definition) is 5. The van der Waals surface area contributed by atoms with Crippen molar-refractivity contribution >= 4 is 27.2 Å². The van der Waals surface area contributed by atoms with Gasteiger partial charge in [-0.15, -0.1) is 0 Å². The van der Waals surface area contributed by atoms with Gasteiger partial charge in [0.05, 0.1) is 0 Å². The Bertz CT molecular complexity index is 618. The van der Waals surface area contributed by atoms with Gasteiger partial charge in [-0.2, -0.15) is 0 Å². The van der Waals surface area contributed by atoms with Crippen LogP contribution in [0.3, 0.4) is 0 Å². The Morgan fingerprint density at radius 2 is 2.38 bits per heavy atom. The van der Waals surface area contributed by atoms with E-state index in [0.29, 0.717) is 0 Å². The Labute approximate surface area is 130 Å². The SMILES string of the molecule is CCN1CCCC(NS(=O)(=O)c2cccnc2C(N)=S)C1. The van der Waals surface area contributed by atoms with E-state index in [1.165, 1.54) is 12.3 Å². The molecule has 0 spiro atoms. The molecule has 1 saturated heterocycles. The van der Waals surface area contributed by atoms with E-state index < -0.39 is 10.0 Å². The van der Waals surface area contributed by atoms with Crippen molar-refractivity contribution in [3.05, 3.63) is 24.0 Å². The Morgan fingerprint density at radius 3 is 3.05 bits per heavy atom. The summed E-state index contributed by atoms with van der Waals surface area (Å²) in [7, 11) is -3.67. The van der Waals surface area contributed by atoms with Crippen molar-refractivity contribution in [1.29, 1.82) is 0 Å². The maximum atomic E-state index is 12.5. The minimum atomic E-state index is -3.67. The van der Waals surface area contributed by atoms with Crippen LogP contribution in [0, 0.1) is 0 Å². The number of pyridine rings is 1. The van der Waals surface area contributed by atoms with Gasteiger partial charge in [0.25, 0.3) is 0 Å². The standard InChI is InChI=1S/C13H20N4O2S2/c1-2-17-8-4-5-10(9-17)16-21(18,19)11-6-3-7-15-12(11)13(14)20/h3,6-7,10,16H,2,4-5,8-9H2,1H3,(H2,14,20). The molecule has 0 aliphatic carbocycles. The number of aromatic nitrogens is 1. The van der Waals surface area contributed by atoms with Gasteiger partial charge in [-0.05, 0) is 38.1 Å². The molecule has 1 aliphatic heterocycles. The summed E-state index contributed by atoms with van der Waals surface area (Å²) in [6, 6.07) is 2.95. The molecule has 0 aromatic carbocycles. The van der Waals surface area contributed by atoms with E-state index in [4.69, 9.17) is 18.0 Å². The molecule has 1 unspecified atom stereocenters. The summed E-state index contributed by atoms with van der Waals surface area (Å²) in [5.41, 5.74) is 5.70. The number of nitrogens with one attached hydrogen (secondary N) is 1. The molecule has 1 aromatic rings. The quantitative estimate of drug-likeness (QED) is 0.764. The number of nitrogens with zero attached hydrogens (tertiary/aromatic N) is 2. The fourth-order valence-electron chi connectivity index (χ4n) is 2.51. The molecule has 2 rings (SSSR count). The lowest BCUT2D eigenvalue weighted by Gasteiger charge is -2.32. The third-order valence-electron chi connectivity index (χ3n) is 3.57. The zero-order valence-electron chi connectivity index (χ0n) is 11.9. The molecule has 116 valence electrons. The largest absolute Gasteiger partial charge is 0.388 e. The fourth-order valence-corrected chi connectivity index (χ4v) is 4.17. The van der Waals surface area contributed by atoms with E-state index >= 15 is 0 Å². The molecule has 3 N–H and O–H groups in total. The zero-order chi connectivity index (χ0) is 15.5. The molecule has 1 fully saturated rings. The summed E-state index contributed by atoms with van der Waals surface area (Å²) in [5.74, 6) is 0. The number of rotatable bonds is 5. The molecule has 0 saturated carbocycles. The highest BCUT2D eigenvalue weighted by molar-refractivity contribution is 7.89. The molecule has 21 heavy (non-hydrogen) atoms. The third-order valence-corrected chi connectivity index (χ3v) is 5.31. The Hall–Kier alpha value is -1.09. The van der Waals surface area contributed by atoms with Crippen molar-refractivity contribution in [1.82, 2.24) is 14.6 Å². The van der Waals surface area contributed by atoms with E-state index in [0.717, 1.165) is 32.5 Å². The zero-order valence-corrected chi connectivity index (χ0v) is 13.6. The number of likely N-dealkylation sites (N-methyl/N-ethyl adjacent to an activating group) is 1. The predicted octanol–water partition coefficient (Wildman–Crippen LogP) is 0.478. The number of hydrogen-bond donors (Lipinski definition) is 2. The van der Waals surface area contributed by atoms with E-state index in [1.807, 2.05) is 0 Å². The van der Waals surface area contributed by atoms with Gasteiger partial charge in [0.1, 0.15) is 15.6 Å². The molecule has 1 aliphatic rings. The average molecular weight is 328 g/mol. The first kappa shape index (κ1) is 16.3. The number of thiocarbonyl (C=S) groups is 1. The molecule has 0 amide bonds. The smallest absolute Gasteiger partial charge is 0.243 e. The number of likely N-dealkylation sites (tertiary alicyclic amines) is 1. The summed E-state index contributed by atoms with van der Waals surface area (Å²) in [6.07, 6.45) is 3.29. The van der Waals surface area contributed by atoms with Gasteiger partial charge in [-0.3, -0.25) is 4.98 Å². The highest BCUT2D eigenvalue weighted by Gasteiger charge is 2.27. The number of piperidine rings is 1. The lowest BCUT2D eigenvalue weighted by Crippen LogP contribution is -2.47. The van der Waals surface area contributed by atoms with Crippen molar-refractivity contribution in [3.63, 3.8) is 0 Å². The summed E-state index contributed by atoms with van der Waals surface area (Å²) in [5, 5.41) is 0. The molecule has 8 heteroatoms. The molecule has 2 heterocycles. The first-order chi connectivity index (χ1) is 9.94. The van der Waals surface area contributed by atoms with Crippen molar-refractivity contribution in [2.24, 2.45) is 5.73 Å². The van der Waals surface area contributed by atoms with Crippen molar-refractivity contribution in [3.8, 4) is 0 Å². The van der Waals surface area contributed by atoms with E-state index in [2.05, 4.69) is 21.5 Å². The van der Waals surface area contributed by atoms with Crippen LogP contribution in [0.25, 0.3) is 0 Å². The van der Waals surface area contributed by atoms with Gasteiger partial charge >= 0.3 is 0 Å². The predicted molar refractivity (Wildman–Crippen MR) is 85.6 cm³/mol.